The number of hydrogen-bond donors (Lipinski definition) is 7. The zero-order valence-corrected chi connectivity index (χ0v) is 52.7. The van der Waals surface area contributed by atoms with E-state index < -0.39 is 0 Å². The monoisotopic (exact) mass is 1080 g/mol. The summed E-state index contributed by atoms with van der Waals surface area (Å²) in [6, 6.07) is 30.4. The lowest BCUT2D eigenvalue weighted by Gasteiger charge is -2.18. The van der Waals surface area contributed by atoms with Crippen LogP contribution >= 0.6 is 0 Å². The number of rotatable bonds is 17. The average Bonchev–Trinajstić information content (AvgIpc) is 4.23. The van der Waals surface area contributed by atoms with Crippen LogP contribution in [0.5, 0.6) is 0 Å². The van der Waals surface area contributed by atoms with Gasteiger partial charge in [-0.05, 0) is 103 Å². The smallest absolute Gasteiger partial charge is 0.0620 e. The molecule has 5 saturated heterocycles. The van der Waals surface area contributed by atoms with Crippen LogP contribution < -0.4 is 37.2 Å². The number of ether oxygens (including phenoxy) is 1. The Hall–Kier alpha value is -2.04. The van der Waals surface area contributed by atoms with E-state index >= 15 is 0 Å². The molecule has 12 heteroatoms. The van der Waals surface area contributed by atoms with E-state index in [2.05, 4.69) is 222 Å². The van der Waals surface area contributed by atoms with Gasteiger partial charge < -0.3 is 51.8 Å². The number of hydrogen-bond acceptors (Lipinski definition) is 12. The van der Waals surface area contributed by atoms with E-state index in [1.54, 1.807) is 0 Å². The lowest BCUT2D eigenvalue weighted by atomic mass is 10.2. The summed E-state index contributed by atoms with van der Waals surface area (Å²) in [6.07, 6.45) is 17.7. The van der Waals surface area contributed by atoms with Gasteiger partial charge in [0.1, 0.15) is 0 Å². The summed E-state index contributed by atoms with van der Waals surface area (Å²) < 4.78 is 5.20. The molecule has 7 aliphatic rings. The highest BCUT2D eigenvalue weighted by Gasteiger charge is 2.24. The molecule has 5 atom stereocenters. The number of likely N-dealkylation sites (N-methyl/N-ethyl adjacent to an activating group) is 3. The fourth-order valence-corrected chi connectivity index (χ4v) is 11.8. The second-order valence-corrected chi connectivity index (χ2v) is 25.6. The van der Waals surface area contributed by atoms with Crippen molar-refractivity contribution in [3.8, 4) is 0 Å². The van der Waals surface area contributed by atoms with Gasteiger partial charge in [-0.1, -0.05) is 169 Å². The van der Waals surface area contributed by atoms with Crippen LogP contribution in [-0.4, -0.2) is 185 Å². The summed E-state index contributed by atoms with van der Waals surface area (Å²) >= 11 is 0. The molecule has 0 spiro atoms. The Morgan fingerprint density at radius 3 is 1.03 bits per heavy atom. The quantitative estimate of drug-likeness (QED) is 0.0821. The van der Waals surface area contributed by atoms with Crippen LogP contribution in [0.3, 0.4) is 0 Å². The summed E-state index contributed by atoms with van der Waals surface area (Å²) in [6.45, 7) is 40.3. The highest BCUT2D eigenvalue weighted by atomic mass is 16.5. The second kappa shape index (κ2) is 41.0. The molecule has 5 aliphatic heterocycles. The highest BCUT2D eigenvalue weighted by molar-refractivity contribution is 5.15. The van der Waals surface area contributed by atoms with E-state index in [-0.39, 0.29) is 0 Å². The van der Waals surface area contributed by atoms with Gasteiger partial charge in [-0.2, -0.15) is 0 Å². The van der Waals surface area contributed by atoms with Gasteiger partial charge in [-0.25, -0.2) is 0 Å². The SMILES string of the molecule is CC(C)NC1CCCC1.CC(C)NC1CCCC1.CC(C)N[C@@H]1CCN(C)C1.CC(C)N[C@@H]1CCN(Cc2ccccc2)C1.CC(C)N[C@@H]1CCOC1.CC(C)N[C@H]1CCN(C)C1.CN[C@H]1CCN(Cc2ccccc2)C1. The predicted octanol–water partition coefficient (Wildman–Crippen LogP) is 9.74. The Bertz CT molecular complexity index is 1570. The third-order valence-corrected chi connectivity index (χ3v) is 15.3. The van der Waals surface area contributed by atoms with Crippen LogP contribution in [0, 0.1) is 0 Å². The van der Waals surface area contributed by atoms with E-state index in [0.717, 1.165) is 50.5 Å². The zero-order chi connectivity index (χ0) is 56.4. The van der Waals surface area contributed by atoms with Crippen molar-refractivity contribution in [1.29, 1.82) is 0 Å². The van der Waals surface area contributed by atoms with Crippen molar-refractivity contribution in [3.63, 3.8) is 0 Å². The Morgan fingerprint density at radius 2 is 0.714 bits per heavy atom. The van der Waals surface area contributed by atoms with Gasteiger partial charge in [0.05, 0.1) is 6.61 Å². The molecule has 7 N–H and O–H groups in total. The van der Waals surface area contributed by atoms with E-state index in [1.807, 2.05) is 0 Å². The van der Waals surface area contributed by atoms with Gasteiger partial charge in [-0.15, -0.1) is 0 Å². The van der Waals surface area contributed by atoms with Gasteiger partial charge in [0.25, 0.3) is 0 Å². The molecule has 0 amide bonds. The minimum atomic E-state index is 0.594. The number of nitrogens with one attached hydrogen (secondary N) is 7. The van der Waals surface area contributed by atoms with E-state index in [4.69, 9.17) is 4.74 Å². The summed E-state index contributed by atoms with van der Waals surface area (Å²) in [7, 11) is 6.42. The van der Waals surface area contributed by atoms with Crippen LogP contribution in [0.1, 0.15) is 178 Å². The normalized spacial score (nSPS) is 24.3. The van der Waals surface area contributed by atoms with Crippen molar-refractivity contribution in [3.05, 3.63) is 71.8 Å². The fourth-order valence-electron chi connectivity index (χ4n) is 11.8. The predicted molar refractivity (Wildman–Crippen MR) is 334 cm³/mol. The third kappa shape index (κ3) is 34.8. The first-order valence-electron chi connectivity index (χ1n) is 31.6. The van der Waals surface area contributed by atoms with Crippen molar-refractivity contribution in [1.82, 2.24) is 56.8 Å². The molecular formula is C65H125N11O. The fraction of sp³-hybridized carbons (Fsp3) is 0.815. The molecule has 77 heavy (non-hydrogen) atoms. The van der Waals surface area contributed by atoms with Crippen molar-refractivity contribution in [2.45, 2.75) is 258 Å². The molecule has 2 aromatic carbocycles. The molecule has 12 nitrogen and oxygen atoms in total. The first kappa shape index (κ1) is 69.2. The van der Waals surface area contributed by atoms with Crippen LogP contribution in [0.15, 0.2) is 60.7 Å². The van der Waals surface area contributed by atoms with E-state index in [0.29, 0.717) is 54.4 Å². The molecule has 2 aromatic rings. The molecule has 446 valence electrons. The topological polar surface area (TPSA) is 106 Å². The standard InChI is InChI=1S/C14H22N2.C12H18N2.2C8H18N2.2C8H17N.C7H15NO/c1-12(2)15-14-8-9-16(11-14)10-13-6-4-3-5-7-13;1-13-12-7-8-14(10-12)9-11-5-3-2-4-6-11;2*1-7(2)9-8-4-5-10(3)6-8;2*1-7(2)9-8-5-3-4-6-8;1-6(2)8-7-3-4-9-5-7/h3-7,12,14-15H,8-11H2,1-2H3;2-6,12-13H,7-10H2,1H3;2*7-9H,4-6H2,1-3H3;2*7-9H,3-6H2,1-2H3;6-8H,3-5H2,1-2H3/t14-;12-;2*8-;;;7-/m1010..1/s1. The van der Waals surface area contributed by atoms with Gasteiger partial charge >= 0.3 is 0 Å². The van der Waals surface area contributed by atoms with Gasteiger partial charge in [0.2, 0.25) is 0 Å². The summed E-state index contributed by atoms with van der Waals surface area (Å²) in [5, 5.41) is 24.5. The van der Waals surface area contributed by atoms with Gasteiger partial charge in [0, 0.05) is 138 Å². The Kier molecular flexibility index (Phi) is 36.9. The van der Waals surface area contributed by atoms with E-state index in [1.165, 1.54) is 147 Å². The second-order valence-electron chi connectivity index (χ2n) is 25.6. The highest BCUT2D eigenvalue weighted by Crippen LogP contribution is 2.19. The number of benzene rings is 2. The van der Waals surface area contributed by atoms with Gasteiger partial charge in [0.15, 0.2) is 0 Å². The molecule has 9 rings (SSSR count). The lowest BCUT2D eigenvalue weighted by Crippen LogP contribution is -2.36. The molecule has 0 aromatic heterocycles. The Labute approximate surface area is 476 Å². The van der Waals surface area contributed by atoms with Crippen molar-refractivity contribution in [2.75, 3.05) is 86.7 Å². The Morgan fingerprint density at radius 1 is 0.390 bits per heavy atom. The number of nitrogens with zero attached hydrogens (tertiary/aromatic N) is 4. The molecule has 0 radical (unpaired) electrons. The zero-order valence-electron chi connectivity index (χ0n) is 52.7. The van der Waals surface area contributed by atoms with Gasteiger partial charge in [-0.3, -0.25) is 9.80 Å². The maximum Gasteiger partial charge on any atom is 0.0620 e. The first-order chi connectivity index (χ1) is 36.8. The van der Waals surface area contributed by atoms with E-state index in [9.17, 15) is 0 Å². The molecule has 2 aliphatic carbocycles. The van der Waals surface area contributed by atoms with Crippen molar-refractivity contribution in [2.24, 2.45) is 0 Å². The maximum absolute atomic E-state index is 5.20. The van der Waals surface area contributed by atoms with Crippen LogP contribution in [-0.2, 0) is 17.8 Å². The number of likely N-dealkylation sites (tertiary alicyclic amines) is 4. The summed E-state index contributed by atoms with van der Waals surface area (Å²) in [5.41, 5.74) is 2.84. The van der Waals surface area contributed by atoms with Crippen molar-refractivity contribution >= 4 is 0 Å². The molecular weight excluding hydrogens is 951 g/mol. The van der Waals surface area contributed by atoms with Crippen LogP contribution in [0.2, 0.25) is 0 Å². The first-order valence-corrected chi connectivity index (χ1v) is 31.6. The third-order valence-electron chi connectivity index (χ3n) is 15.3. The molecule has 2 saturated carbocycles. The summed E-state index contributed by atoms with van der Waals surface area (Å²) in [4.78, 5) is 9.80. The van der Waals surface area contributed by atoms with Crippen LogP contribution in [0.25, 0.3) is 0 Å². The van der Waals surface area contributed by atoms with Crippen molar-refractivity contribution < 1.29 is 4.74 Å². The lowest BCUT2D eigenvalue weighted by molar-refractivity contribution is 0.188. The molecule has 0 unspecified atom stereocenters. The summed E-state index contributed by atoms with van der Waals surface area (Å²) in [5.74, 6) is 0. The molecule has 5 heterocycles. The molecule has 7 fully saturated rings. The average molecular weight is 1080 g/mol. The maximum atomic E-state index is 5.20. The van der Waals surface area contributed by atoms with Crippen LogP contribution in [0.4, 0.5) is 0 Å². The Balaban J connectivity index is 0.000000239. The minimum Gasteiger partial charge on any atom is -0.380 e. The minimum absolute atomic E-state index is 0.594. The largest absolute Gasteiger partial charge is 0.380 e. The molecule has 0 bridgehead atoms.